The van der Waals surface area contributed by atoms with E-state index in [0.717, 1.165) is 47.8 Å². The monoisotopic (exact) mass is 387 g/mol. The molecule has 1 N–H and O–H groups in total. The van der Waals surface area contributed by atoms with Gasteiger partial charge in [-0.1, -0.05) is 12.1 Å². The standard InChI is InChI=1S/C17H21N3OS.2ClH/c1-12-11-22-16(19-12)13-4-3-5-14(10-13)17(21)20(2)15-6-8-18-9-7-15;;/h3-5,10-11,15,18H,6-9H2,1-2H3;2*1H. The van der Waals surface area contributed by atoms with Crippen molar-refractivity contribution < 1.29 is 4.79 Å². The highest BCUT2D eigenvalue weighted by atomic mass is 35.5. The van der Waals surface area contributed by atoms with Crippen LogP contribution in [-0.2, 0) is 0 Å². The van der Waals surface area contributed by atoms with Crippen molar-refractivity contribution in [2.24, 2.45) is 0 Å². The molecular formula is C17H23Cl2N3OS. The highest BCUT2D eigenvalue weighted by Crippen LogP contribution is 2.25. The molecular weight excluding hydrogens is 365 g/mol. The van der Waals surface area contributed by atoms with Crippen LogP contribution in [0.5, 0.6) is 0 Å². The molecule has 1 aliphatic heterocycles. The fourth-order valence-corrected chi connectivity index (χ4v) is 3.63. The van der Waals surface area contributed by atoms with Crippen LogP contribution in [0.15, 0.2) is 29.6 Å². The number of halogens is 2. The van der Waals surface area contributed by atoms with Gasteiger partial charge in [-0.05, 0) is 45.0 Å². The molecule has 24 heavy (non-hydrogen) atoms. The van der Waals surface area contributed by atoms with Gasteiger partial charge < -0.3 is 10.2 Å². The van der Waals surface area contributed by atoms with E-state index >= 15 is 0 Å². The predicted octanol–water partition coefficient (Wildman–Crippen LogP) is 3.79. The number of piperidine rings is 1. The third kappa shape index (κ3) is 4.70. The van der Waals surface area contributed by atoms with E-state index in [1.807, 2.05) is 48.5 Å². The maximum absolute atomic E-state index is 12.7. The number of thiazole rings is 1. The lowest BCUT2D eigenvalue weighted by Crippen LogP contribution is -2.43. The number of benzene rings is 1. The van der Waals surface area contributed by atoms with E-state index in [2.05, 4.69) is 10.3 Å². The van der Waals surface area contributed by atoms with Crippen LogP contribution < -0.4 is 5.32 Å². The Morgan fingerprint density at radius 2 is 2.00 bits per heavy atom. The van der Waals surface area contributed by atoms with Gasteiger partial charge in [-0.15, -0.1) is 36.2 Å². The Balaban J connectivity index is 0.00000144. The fraction of sp³-hybridized carbons (Fsp3) is 0.412. The molecule has 0 unspecified atom stereocenters. The molecule has 0 atom stereocenters. The Kier molecular flexibility index (Phi) is 8.16. The Morgan fingerprint density at radius 3 is 2.62 bits per heavy atom. The van der Waals surface area contributed by atoms with Gasteiger partial charge in [0.2, 0.25) is 0 Å². The molecule has 7 heteroatoms. The van der Waals surface area contributed by atoms with Gasteiger partial charge in [0.25, 0.3) is 5.91 Å². The average molecular weight is 388 g/mol. The highest BCUT2D eigenvalue weighted by Gasteiger charge is 2.23. The summed E-state index contributed by atoms with van der Waals surface area (Å²) in [5.41, 5.74) is 2.78. The first-order chi connectivity index (χ1) is 10.6. The van der Waals surface area contributed by atoms with E-state index in [9.17, 15) is 4.79 Å². The maximum Gasteiger partial charge on any atom is 0.253 e. The number of hydrogen-bond donors (Lipinski definition) is 1. The van der Waals surface area contributed by atoms with Crippen LogP contribution in [0.2, 0.25) is 0 Å². The summed E-state index contributed by atoms with van der Waals surface area (Å²) < 4.78 is 0. The number of amides is 1. The Bertz CT molecular complexity index is 671. The molecule has 4 nitrogen and oxygen atoms in total. The van der Waals surface area contributed by atoms with E-state index < -0.39 is 0 Å². The van der Waals surface area contributed by atoms with Crippen molar-refractivity contribution in [2.45, 2.75) is 25.8 Å². The quantitative estimate of drug-likeness (QED) is 0.870. The molecule has 1 amide bonds. The van der Waals surface area contributed by atoms with E-state index in [0.29, 0.717) is 6.04 Å². The van der Waals surface area contributed by atoms with Gasteiger partial charge in [0.05, 0.1) is 0 Å². The van der Waals surface area contributed by atoms with Crippen LogP contribution in [0.4, 0.5) is 0 Å². The van der Waals surface area contributed by atoms with E-state index in [1.165, 1.54) is 0 Å². The molecule has 1 aromatic heterocycles. The van der Waals surface area contributed by atoms with Crippen molar-refractivity contribution >= 4 is 42.1 Å². The summed E-state index contributed by atoms with van der Waals surface area (Å²) in [7, 11) is 1.92. The third-order valence-electron chi connectivity index (χ3n) is 4.15. The summed E-state index contributed by atoms with van der Waals surface area (Å²) in [6.45, 7) is 3.96. The number of rotatable bonds is 3. The first-order valence-corrected chi connectivity index (χ1v) is 8.53. The van der Waals surface area contributed by atoms with Crippen molar-refractivity contribution in [2.75, 3.05) is 20.1 Å². The van der Waals surface area contributed by atoms with Crippen molar-refractivity contribution in [3.05, 3.63) is 40.9 Å². The molecule has 0 radical (unpaired) electrons. The van der Waals surface area contributed by atoms with Crippen LogP contribution in [0, 0.1) is 6.92 Å². The summed E-state index contributed by atoms with van der Waals surface area (Å²) in [6, 6.07) is 8.14. The molecule has 2 aromatic rings. The molecule has 1 fully saturated rings. The van der Waals surface area contributed by atoms with Gasteiger partial charge >= 0.3 is 0 Å². The van der Waals surface area contributed by atoms with E-state index in [-0.39, 0.29) is 30.7 Å². The molecule has 0 bridgehead atoms. The number of carbonyl (C=O) groups is 1. The topological polar surface area (TPSA) is 45.2 Å². The van der Waals surface area contributed by atoms with Gasteiger partial charge in [-0.25, -0.2) is 4.98 Å². The molecule has 132 valence electrons. The number of carbonyl (C=O) groups excluding carboxylic acids is 1. The summed E-state index contributed by atoms with van der Waals surface area (Å²) >= 11 is 1.62. The minimum Gasteiger partial charge on any atom is -0.339 e. The smallest absolute Gasteiger partial charge is 0.253 e. The third-order valence-corrected chi connectivity index (χ3v) is 5.16. The van der Waals surface area contributed by atoms with Gasteiger partial charge in [0.1, 0.15) is 5.01 Å². The fourth-order valence-electron chi connectivity index (χ4n) is 2.84. The van der Waals surface area contributed by atoms with Crippen molar-refractivity contribution in [3.8, 4) is 10.6 Å². The maximum atomic E-state index is 12.7. The SMILES string of the molecule is Cc1csc(-c2cccc(C(=O)N(C)C3CCNCC3)c2)n1.Cl.Cl. The second-order valence-electron chi connectivity index (χ2n) is 5.77. The first kappa shape index (κ1) is 20.9. The Labute approximate surface area is 159 Å². The number of hydrogen-bond acceptors (Lipinski definition) is 4. The number of nitrogens with one attached hydrogen (secondary N) is 1. The molecule has 0 spiro atoms. The molecule has 0 aliphatic carbocycles. The lowest BCUT2D eigenvalue weighted by atomic mass is 10.0. The van der Waals surface area contributed by atoms with Gasteiger partial charge in [0.15, 0.2) is 0 Å². The summed E-state index contributed by atoms with van der Waals surface area (Å²) in [5.74, 6) is 0.0991. The minimum atomic E-state index is 0. The molecule has 1 aromatic carbocycles. The van der Waals surface area contributed by atoms with Crippen LogP contribution in [0.25, 0.3) is 10.6 Å². The van der Waals surface area contributed by atoms with E-state index in [1.54, 1.807) is 11.3 Å². The Hall–Kier alpha value is -1.14. The summed E-state index contributed by atoms with van der Waals surface area (Å²) in [5, 5.41) is 6.34. The summed E-state index contributed by atoms with van der Waals surface area (Å²) in [4.78, 5) is 19.1. The van der Waals surface area contributed by atoms with Crippen LogP contribution >= 0.6 is 36.2 Å². The van der Waals surface area contributed by atoms with E-state index in [4.69, 9.17) is 0 Å². The zero-order valence-corrected chi connectivity index (χ0v) is 16.3. The predicted molar refractivity (Wildman–Crippen MR) is 105 cm³/mol. The van der Waals surface area contributed by atoms with Crippen molar-refractivity contribution in [1.82, 2.24) is 15.2 Å². The van der Waals surface area contributed by atoms with Crippen LogP contribution in [0.1, 0.15) is 28.9 Å². The van der Waals surface area contributed by atoms with Gasteiger partial charge in [-0.3, -0.25) is 4.79 Å². The first-order valence-electron chi connectivity index (χ1n) is 7.65. The lowest BCUT2D eigenvalue weighted by Gasteiger charge is -2.31. The number of aryl methyl sites for hydroxylation is 1. The highest BCUT2D eigenvalue weighted by molar-refractivity contribution is 7.13. The number of nitrogens with zero attached hydrogens (tertiary/aromatic N) is 2. The molecule has 1 aliphatic rings. The Morgan fingerprint density at radius 1 is 1.29 bits per heavy atom. The minimum absolute atomic E-state index is 0. The van der Waals surface area contributed by atoms with Crippen molar-refractivity contribution in [3.63, 3.8) is 0 Å². The summed E-state index contributed by atoms with van der Waals surface area (Å²) in [6.07, 6.45) is 2.04. The second-order valence-corrected chi connectivity index (χ2v) is 6.63. The van der Waals surface area contributed by atoms with Gasteiger partial charge in [0, 0.05) is 35.3 Å². The number of aromatic nitrogens is 1. The lowest BCUT2D eigenvalue weighted by molar-refractivity contribution is 0.0703. The van der Waals surface area contributed by atoms with Crippen LogP contribution in [0.3, 0.4) is 0 Å². The zero-order valence-electron chi connectivity index (χ0n) is 13.8. The van der Waals surface area contributed by atoms with Gasteiger partial charge in [-0.2, -0.15) is 0 Å². The molecule has 0 saturated carbocycles. The average Bonchev–Trinajstić information content (AvgIpc) is 3.01. The zero-order chi connectivity index (χ0) is 15.5. The largest absolute Gasteiger partial charge is 0.339 e. The normalized spacial score (nSPS) is 14.4. The van der Waals surface area contributed by atoms with Crippen LogP contribution in [-0.4, -0.2) is 42.0 Å². The van der Waals surface area contributed by atoms with Crippen molar-refractivity contribution in [1.29, 1.82) is 0 Å². The molecule has 1 saturated heterocycles. The molecule has 3 rings (SSSR count). The second kappa shape index (κ2) is 9.37. The molecule has 2 heterocycles.